The first kappa shape index (κ1) is 15.0. The Morgan fingerprint density at radius 1 is 0.941 bits per heavy atom. The van der Waals surface area contributed by atoms with Gasteiger partial charge in [-0.05, 0) is 20.3 Å². The minimum absolute atomic E-state index is 0.338. The molecule has 2 nitrogen and oxygen atoms in total. The summed E-state index contributed by atoms with van der Waals surface area (Å²) in [7, 11) is 0. The maximum atomic E-state index is 5.79. The molecular formula is C15H30O2. The molecule has 0 radical (unpaired) electrons. The van der Waals surface area contributed by atoms with Crippen LogP contribution in [0.1, 0.15) is 78.6 Å². The van der Waals surface area contributed by atoms with E-state index in [9.17, 15) is 0 Å². The van der Waals surface area contributed by atoms with Gasteiger partial charge in [-0.15, -0.1) is 0 Å². The fourth-order valence-electron chi connectivity index (χ4n) is 2.41. The molecule has 0 aromatic rings. The molecule has 2 heteroatoms. The van der Waals surface area contributed by atoms with E-state index < -0.39 is 0 Å². The molecule has 0 unspecified atom stereocenters. The van der Waals surface area contributed by atoms with Crippen molar-refractivity contribution in [2.75, 3.05) is 6.61 Å². The molecule has 1 saturated heterocycles. The molecule has 0 bridgehead atoms. The van der Waals surface area contributed by atoms with E-state index in [1.165, 1.54) is 57.8 Å². The third-order valence-corrected chi connectivity index (χ3v) is 3.45. The Balaban J connectivity index is 1.85. The van der Waals surface area contributed by atoms with E-state index in [1.807, 2.05) is 13.8 Å². The van der Waals surface area contributed by atoms with Crippen LogP contribution in [0.3, 0.4) is 0 Å². The quantitative estimate of drug-likeness (QED) is 0.547. The van der Waals surface area contributed by atoms with E-state index in [1.54, 1.807) is 0 Å². The monoisotopic (exact) mass is 242 g/mol. The third-order valence-electron chi connectivity index (χ3n) is 3.45. The fourth-order valence-corrected chi connectivity index (χ4v) is 2.41. The number of hydrogen-bond acceptors (Lipinski definition) is 2. The van der Waals surface area contributed by atoms with E-state index in [-0.39, 0.29) is 5.79 Å². The van der Waals surface area contributed by atoms with Crippen molar-refractivity contribution in [3.63, 3.8) is 0 Å². The van der Waals surface area contributed by atoms with Crippen molar-refractivity contribution >= 4 is 0 Å². The molecule has 1 rings (SSSR count). The maximum absolute atomic E-state index is 5.79. The van der Waals surface area contributed by atoms with Gasteiger partial charge < -0.3 is 9.47 Å². The van der Waals surface area contributed by atoms with Gasteiger partial charge in [0.15, 0.2) is 5.79 Å². The van der Waals surface area contributed by atoms with Gasteiger partial charge in [-0.3, -0.25) is 0 Å². The average Bonchev–Trinajstić information content (AvgIpc) is 2.62. The van der Waals surface area contributed by atoms with Crippen LogP contribution in [0.15, 0.2) is 0 Å². The fraction of sp³-hybridized carbons (Fsp3) is 1.00. The van der Waals surface area contributed by atoms with Crippen molar-refractivity contribution in [3.8, 4) is 0 Å². The van der Waals surface area contributed by atoms with Gasteiger partial charge in [0.1, 0.15) is 0 Å². The van der Waals surface area contributed by atoms with Crippen LogP contribution in [0, 0.1) is 0 Å². The van der Waals surface area contributed by atoms with Crippen LogP contribution in [-0.2, 0) is 9.47 Å². The Bertz CT molecular complexity index is 189. The van der Waals surface area contributed by atoms with Crippen LogP contribution in [0.25, 0.3) is 0 Å². The van der Waals surface area contributed by atoms with Gasteiger partial charge >= 0.3 is 0 Å². The van der Waals surface area contributed by atoms with Crippen molar-refractivity contribution in [3.05, 3.63) is 0 Å². The van der Waals surface area contributed by atoms with Crippen molar-refractivity contribution in [1.29, 1.82) is 0 Å². The molecule has 102 valence electrons. The summed E-state index contributed by atoms with van der Waals surface area (Å²) < 4.78 is 11.3. The highest BCUT2D eigenvalue weighted by molar-refractivity contribution is 4.70. The molecular weight excluding hydrogens is 212 g/mol. The smallest absolute Gasteiger partial charge is 0.163 e. The van der Waals surface area contributed by atoms with Crippen LogP contribution in [0.2, 0.25) is 0 Å². The van der Waals surface area contributed by atoms with Crippen LogP contribution in [0.4, 0.5) is 0 Å². The number of ether oxygens (including phenoxy) is 2. The summed E-state index contributed by atoms with van der Waals surface area (Å²) in [5.74, 6) is -0.342. The van der Waals surface area contributed by atoms with Crippen molar-refractivity contribution in [1.82, 2.24) is 0 Å². The van der Waals surface area contributed by atoms with Gasteiger partial charge in [0, 0.05) is 0 Å². The molecule has 0 saturated carbocycles. The van der Waals surface area contributed by atoms with E-state index in [4.69, 9.17) is 9.47 Å². The lowest BCUT2D eigenvalue weighted by Gasteiger charge is -2.16. The minimum Gasteiger partial charge on any atom is -0.348 e. The number of unbranched alkanes of at least 4 members (excludes halogenated alkanes) is 7. The highest BCUT2D eigenvalue weighted by atomic mass is 16.7. The second-order valence-electron chi connectivity index (χ2n) is 5.71. The van der Waals surface area contributed by atoms with Crippen LogP contribution in [-0.4, -0.2) is 18.5 Å². The largest absolute Gasteiger partial charge is 0.348 e. The lowest BCUT2D eigenvalue weighted by molar-refractivity contribution is -0.139. The molecule has 1 aliphatic rings. The minimum atomic E-state index is -0.342. The van der Waals surface area contributed by atoms with E-state index >= 15 is 0 Å². The van der Waals surface area contributed by atoms with E-state index in [2.05, 4.69) is 6.92 Å². The molecule has 1 heterocycles. The second-order valence-corrected chi connectivity index (χ2v) is 5.71. The number of hydrogen-bond donors (Lipinski definition) is 0. The lowest BCUT2D eigenvalue weighted by Crippen LogP contribution is -2.21. The van der Waals surface area contributed by atoms with E-state index in [0.717, 1.165) is 6.61 Å². The zero-order valence-corrected chi connectivity index (χ0v) is 12.0. The van der Waals surface area contributed by atoms with Gasteiger partial charge in [-0.2, -0.15) is 0 Å². The summed E-state index contributed by atoms with van der Waals surface area (Å²) >= 11 is 0. The second kappa shape index (κ2) is 8.10. The summed E-state index contributed by atoms with van der Waals surface area (Å²) in [4.78, 5) is 0. The first-order valence-corrected chi connectivity index (χ1v) is 7.46. The highest BCUT2D eigenvalue weighted by Crippen LogP contribution is 2.25. The maximum Gasteiger partial charge on any atom is 0.163 e. The van der Waals surface area contributed by atoms with E-state index in [0.29, 0.717) is 6.10 Å². The summed E-state index contributed by atoms with van der Waals surface area (Å²) in [5, 5.41) is 0. The van der Waals surface area contributed by atoms with Gasteiger partial charge in [-0.1, -0.05) is 58.3 Å². The third kappa shape index (κ3) is 7.05. The predicted molar refractivity (Wildman–Crippen MR) is 72.1 cm³/mol. The first-order chi connectivity index (χ1) is 8.14. The Morgan fingerprint density at radius 2 is 1.53 bits per heavy atom. The molecule has 0 aromatic carbocycles. The molecule has 1 fully saturated rings. The molecule has 0 amide bonds. The van der Waals surface area contributed by atoms with Crippen LogP contribution in [0.5, 0.6) is 0 Å². The molecule has 0 N–H and O–H groups in total. The van der Waals surface area contributed by atoms with Crippen molar-refractivity contribution in [2.24, 2.45) is 0 Å². The summed E-state index contributed by atoms with van der Waals surface area (Å²) in [6.07, 6.45) is 12.5. The Hall–Kier alpha value is -0.0800. The van der Waals surface area contributed by atoms with Gasteiger partial charge in [0.05, 0.1) is 12.7 Å². The molecule has 0 spiro atoms. The lowest BCUT2D eigenvalue weighted by atomic mass is 10.1. The van der Waals surface area contributed by atoms with Crippen molar-refractivity contribution < 1.29 is 9.47 Å². The zero-order valence-electron chi connectivity index (χ0n) is 12.0. The highest BCUT2D eigenvalue weighted by Gasteiger charge is 2.31. The predicted octanol–water partition coefficient (Wildman–Crippen LogP) is 4.67. The van der Waals surface area contributed by atoms with Gasteiger partial charge in [0.25, 0.3) is 0 Å². The summed E-state index contributed by atoms with van der Waals surface area (Å²) in [6.45, 7) is 7.05. The number of rotatable bonds is 9. The first-order valence-electron chi connectivity index (χ1n) is 7.46. The molecule has 1 aliphatic heterocycles. The summed E-state index contributed by atoms with van der Waals surface area (Å²) in [6, 6.07) is 0. The van der Waals surface area contributed by atoms with Gasteiger partial charge in [-0.25, -0.2) is 0 Å². The topological polar surface area (TPSA) is 18.5 Å². The zero-order chi connectivity index (χ0) is 12.6. The standard InChI is InChI=1S/C15H30O2/c1-4-5-6-7-8-9-10-11-12-14-13-16-15(2,3)17-14/h14H,4-13H2,1-3H3/t14-/m1/s1. The van der Waals surface area contributed by atoms with Crippen LogP contribution >= 0.6 is 0 Å². The molecule has 0 aromatic heterocycles. The normalized spacial score (nSPS) is 23.1. The molecule has 0 aliphatic carbocycles. The average molecular weight is 242 g/mol. The van der Waals surface area contributed by atoms with Crippen LogP contribution < -0.4 is 0 Å². The Morgan fingerprint density at radius 3 is 2.06 bits per heavy atom. The van der Waals surface area contributed by atoms with Gasteiger partial charge in [0.2, 0.25) is 0 Å². The van der Waals surface area contributed by atoms with Crippen molar-refractivity contribution in [2.45, 2.75) is 90.4 Å². The molecule has 17 heavy (non-hydrogen) atoms. The SMILES string of the molecule is CCCCCCCCCC[C@@H]1COC(C)(C)O1. The Kier molecular flexibility index (Phi) is 7.14. The molecule has 1 atom stereocenters. The Labute approximate surface area is 107 Å². The summed E-state index contributed by atoms with van der Waals surface area (Å²) in [5.41, 5.74) is 0.